The largest absolute Gasteiger partial charge is 0.478 e. The lowest BCUT2D eigenvalue weighted by Gasteiger charge is -1.97. The Hall–Kier alpha value is -3.54. The van der Waals surface area contributed by atoms with Crippen molar-refractivity contribution in [1.29, 1.82) is 0 Å². The molecular weight excluding hydrogens is 332 g/mol. The molecule has 0 radical (unpaired) electrons. The number of carbonyl (C=O) groups is 1. The lowest BCUT2D eigenvalue weighted by Crippen LogP contribution is -2.04. The molecule has 6 heteroatoms. The van der Waals surface area contributed by atoms with Gasteiger partial charge < -0.3 is 5.11 Å². The van der Waals surface area contributed by atoms with Gasteiger partial charge in [-0.2, -0.15) is 4.58 Å². The zero-order chi connectivity index (χ0) is 18.7. The summed E-state index contributed by atoms with van der Waals surface area (Å²) in [5, 5.41) is 19.7. The first kappa shape index (κ1) is 17.3. The van der Waals surface area contributed by atoms with E-state index < -0.39 is 10.9 Å². The molecule has 1 N–H and O–H groups in total. The minimum Gasteiger partial charge on any atom is -0.478 e. The highest BCUT2D eigenvalue weighted by molar-refractivity contribution is 5.97. The van der Waals surface area contributed by atoms with Crippen molar-refractivity contribution in [2.75, 3.05) is 7.05 Å². The van der Waals surface area contributed by atoms with E-state index >= 15 is 0 Å². The molecule has 1 heterocycles. The normalized spacial score (nSPS) is 13.6. The van der Waals surface area contributed by atoms with Crippen molar-refractivity contribution < 1.29 is 19.4 Å². The van der Waals surface area contributed by atoms with Crippen LogP contribution in [-0.4, -0.2) is 33.3 Å². The fraction of sp³-hybridized carbons (Fsp3) is 0.100. The van der Waals surface area contributed by atoms with Crippen molar-refractivity contribution >= 4 is 29.1 Å². The highest BCUT2D eigenvalue weighted by Crippen LogP contribution is 2.26. The number of nitro groups is 1. The molecule has 0 saturated carbocycles. The van der Waals surface area contributed by atoms with Crippen LogP contribution in [0.15, 0.2) is 60.7 Å². The van der Waals surface area contributed by atoms with Gasteiger partial charge in [-0.05, 0) is 29.8 Å². The van der Waals surface area contributed by atoms with Crippen molar-refractivity contribution in [2.45, 2.75) is 6.42 Å². The van der Waals surface area contributed by atoms with Crippen LogP contribution in [0, 0.1) is 10.1 Å². The van der Waals surface area contributed by atoms with Crippen molar-refractivity contribution in [2.24, 2.45) is 0 Å². The Labute approximate surface area is 150 Å². The first-order valence-corrected chi connectivity index (χ1v) is 8.00. The summed E-state index contributed by atoms with van der Waals surface area (Å²) in [6.07, 6.45) is 8.29. The second kappa shape index (κ2) is 7.14. The average molecular weight is 349 g/mol. The van der Waals surface area contributed by atoms with Gasteiger partial charge in [0.2, 0.25) is 5.69 Å². The van der Waals surface area contributed by atoms with E-state index in [1.807, 2.05) is 42.0 Å². The molecule has 0 aromatic heterocycles. The summed E-state index contributed by atoms with van der Waals surface area (Å²) in [5.74, 6) is -0.925. The first-order chi connectivity index (χ1) is 12.5. The van der Waals surface area contributed by atoms with E-state index in [2.05, 4.69) is 0 Å². The molecule has 0 spiro atoms. The van der Waals surface area contributed by atoms with Gasteiger partial charge in [0.05, 0.1) is 16.9 Å². The smallest absolute Gasteiger partial charge is 0.335 e. The predicted molar refractivity (Wildman–Crippen MR) is 99.2 cm³/mol. The Morgan fingerprint density at radius 2 is 1.85 bits per heavy atom. The zero-order valence-corrected chi connectivity index (χ0v) is 14.1. The quantitative estimate of drug-likeness (QED) is 0.385. The van der Waals surface area contributed by atoms with E-state index in [9.17, 15) is 14.9 Å². The van der Waals surface area contributed by atoms with Gasteiger partial charge in [-0.25, -0.2) is 4.79 Å². The molecule has 0 aliphatic carbocycles. The van der Waals surface area contributed by atoms with Crippen LogP contribution < -0.4 is 0 Å². The van der Waals surface area contributed by atoms with Gasteiger partial charge in [0.1, 0.15) is 7.05 Å². The third-order valence-electron chi connectivity index (χ3n) is 4.28. The number of rotatable bonds is 5. The van der Waals surface area contributed by atoms with Crippen LogP contribution in [0.5, 0.6) is 0 Å². The van der Waals surface area contributed by atoms with Crippen LogP contribution in [-0.2, 0) is 6.42 Å². The summed E-state index contributed by atoms with van der Waals surface area (Å²) in [7, 11) is 1.95. The van der Waals surface area contributed by atoms with Gasteiger partial charge in [-0.3, -0.25) is 10.1 Å². The fourth-order valence-electron chi connectivity index (χ4n) is 2.87. The molecule has 0 bridgehead atoms. The van der Waals surface area contributed by atoms with E-state index in [1.165, 1.54) is 12.1 Å². The number of carboxylic acids is 1. The molecule has 0 amide bonds. The molecule has 1 aliphatic rings. The zero-order valence-electron chi connectivity index (χ0n) is 14.1. The second-order valence-corrected chi connectivity index (χ2v) is 5.94. The van der Waals surface area contributed by atoms with Crippen LogP contribution >= 0.6 is 0 Å². The lowest BCUT2D eigenvalue weighted by atomic mass is 10.1. The number of aromatic carboxylic acids is 1. The Morgan fingerprint density at radius 1 is 1.15 bits per heavy atom. The highest BCUT2D eigenvalue weighted by Gasteiger charge is 2.25. The van der Waals surface area contributed by atoms with E-state index in [0.29, 0.717) is 12.0 Å². The van der Waals surface area contributed by atoms with Crippen LogP contribution in [0.3, 0.4) is 0 Å². The highest BCUT2D eigenvalue weighted by atomic mass is 16.6. The third kappa shape index (κ3) is 3.59. The Balaban J connectivity index is 1.70. The molecule has 130 valence electrons. The van der Waals surface area contributed by atoms with Crippen LogP contribution in [0.1, 0.15) is 21.5 Å². The monoisotopic (exact) mass is 349 g/mol. The molecule has 6 nitrogen and oxygen atoms in total. The fourth-order valence-corrected chi connectivity index (χ4v) is 2.87. The Morgan fingerprint density at radius 3 is 2.50 bits per heavy atom. The topological polar surface area (TPSA) is 83.5 Å². The van der Waals surface area contributed by atoms with Gasteiger partial charge in [0, 0.05) is 29.8 Å². The number of nitro benzene ring substituents is 1. The standard InChI is InChI=1S/C20H16N2O4/c1-21-18(13-16-12-15(20(23)24)8-11-19(16)21)5-3-2-4-14-6-9-17(10-7-14)22(25)26/h2-12H,13H2,1H3/p+1/b4-2+,5-3+. The summed E-state index contributed by atoms with van der Waals surface area (Å²) < 4.78 is 2.04. The SMILES string of the molecule is C[N+]1=C(/C=C/C=C/c2ccc([N+](=O)[O-])cc2)Cc2cc(C(=O)O)ccc21. The molecule has 0 fully saturated rings. The molecule has 1 aliphatic heterocycles. The van der Waals surface area contributed by atoms with Gasteiger partial charge in [0.25, 0.3) is 5.69 Å². The van der Waals surface area contributed by atoms with Gasteiger partial charge >= 0.3 is 5.97 Å². The number of non-ortho nitro benzene ring substituents is 1. The van der Waals surface area contributed by atoms with E-state index in [4.69, 9.17) is 5.11 Å². The van der Waals surface area contributed by atoms with E-state index in [1.54, 1.807) is 24.3 Å². The van der Waals surface area contributed by atoms with Gasteiger partial charge in [0.15, 0.2) is 5.71 Å². The summed E-state index contributed by atoms with van der Waals surface area (Å²) in [6.45, 7) is 0. The summed E-state index contributed by atoms with van der Waals surface area (Å²) in [5.41, 5.74) is 4.30. The molecule has 0 unspecified atom stereocenters. The van der Waals surface area contributed by atoms with Crippen molar-refractivity contribution in [3.63, 3.8) is 0 Å². The predicted octanol–water partition coefficient (Wildman–Crippen LogP) is 3.83. The number of fused-ring (bicyclic) bond motifs is 1. The Bertz CT molecular complexity index is 970. The number of hydrogen-bond donors (Lipinski definition) is 1. The maximum atomic E-state index is 11.1. The summed E-state index contributed by atoms with van der Waals surface area (Å²) >= 11 is 0. The van der Waals surface area contributed by atoms with Gasteiger partial charge in [-0.1, -0.05) is 18.2 Å². The number of allylic oxidation sites excluding steroid dienone is 3. The maximum Gasteiger partial charge on any atom is 0.335 e. The third-order valence-corrected chi connectivity index (χ3v) is 4.28. The van der Waals surface area contributed by atoms with Crippen molar-refractivity contribution in [3.05, 3.63) is 87.5 Å². The van der Waals surface area contributed by atoms with Crippen molar-refractivity contribution in [3.8, 4) is 0 Å². The van der Waals surface area contributed by atoms with Gasteiger partial charge in [-0.15, -0.1) is 0 Å². The molecule has 2 aromatic rings. The molecule has 2 aromatic carbocycles. The number of nitrogens with zero attached hydrogens (tertiary/aromatic N) is 2. The molecule has 26 heavy (non-hydrogen) atoms. The second-order valence-electron chi connectivity index (χ2n) is 5.94. The van der Waals surface area contributed by atoms with E-state index in [-0.39, 0.29) is 5.69 Å². The molecule has 0 atom stereocenters. The average Bonchev–Trinajstić information content (AvgIpc) is 2.94. The number of carboxylic acid groups (broad SMARTS) is 1. The minimum absolute atomic E-state index is 0.0688. The van der Waals surface area contributed by atoms with E-state index in [0.717, 1.165) is 22.5 Å². The molecule has 3 rings (SSSR count). The number of hydrogen-bond acceptors (Lipinski definition) is 3. The van der Waals surface area contributed by atoms with Crippen molar-refractivity contribution in [1.82, 2.24) is 0 Å². The molecule has 0 saturated heterocycles. The minimum atomic E-state index is -0.925. The lowest BCUT2D eigenvalue weighted by molar-refractivity contribution is -0.400. The first-order valence-electron chi connectivity index (χ1n) is 8.00. The summed E-state index contributed by atoms with van der Waals surface area (Å²) in [6, 6.07) is 11.5. The number of benzene rings is 2. The van der Waals surface area contributed by atoms with Crippen LogP contribution in [0.4, 0.5) is 11.4 Å². The van der Waals surface area contributed by atoms with Crippen LogP contribution in [0.25, 0.3) is 6.08 Å². The van der Waals surface area contributed by atoms with Crippen LogP contribution in [0.2, 0.25) is 0 Å². The molecular formula is C20H17N2O4+. The maximum absolute atomic E-state index is 11.1. The summed E-state index contributed by atoms with van der Waals surface area (Å²) in [4.78, 5) is 21.3. The Kier molecular flexibility index (Phi) is 4.75.